The molecule has 0 rings (SSSR count). The summed E-state index contributed by atoms with van der Waals surface area (Å²) in [5.41, 5.74) is 0. The Hall–Kier alpha value is -1.28. The minimum Gasteiger partial charge on any atom is -0.457 e. The molecule has 37 heavy (non-hydrogen) atoms. The molecule has 0 aliphatic carbocycles. The fourth-order valence-corrected chi connectivity index (χ4v) is 3.81. The normalized spacial score (nSPS) is 15.1. The number of esters is 1. The SMILES string of the molecule is CC/C=C\C/C=C\C/C=C\CCCCCCOCC(COP(=O)(O)OCC[N+](C)(C)C)OC(=O)CCC. The van der Waals surface area contributed by atoms with Crippen LogP contribution in [0.4, 0.5) is 0 Å². The fraction of sp³-hybridized carbons (Fsp3) is 0.750. The maximum Gasteiger partial charge on any atom is 0.472 e. The van der Waals surface area contributed by atoms with Crippen LogP contribution in [0.2, 0.25) is 0 Å². The molecule has 0 fully saturated rings. The van der Waals surface area contributed by atoms with Crippen molar-refractivity contribution in [1.82, 2.24) is 0 Å². The van der Waals surface area contributed by atoms with Crippen LogP contribution in [0.25, 0.3) is 0 Å². The number of phosphoric acid groups is 1. The van der Waals surface area contributed by atoms with Crippen molar-refractivity contribution in [2.45, 2.75) is 84.2 Å². The van der Waals surface area contributed by atoms with Crippen LogP contribution in [0, 0.1) is 0 Å². The molecule has 0 spiro atoms. The molecular weight excluding hydrogens is 493 g/mol. The van der Waals surface area contributed by atoms with Gasteiger partial charge >= 0.3 is 13.8 Å². The lowest BCUT2D eigenvalue weighted by molar-refractivity contribution is -0.870. The first-order chi connectivity index (χ1) is 17.6. The molecule has 9 heteroatoms. The fourth-order valence-electron chi connectivity index (χ4n) is 3.07. The van der Waals surface area contributed by atoms with Crippen LogP contribution in [-0.2, 0) is 27.9 Å². The maximum absolute atomic E-state index is 12.2. The molecule has 0 saturated heterocycles. The van der Waals surface area contributed by atoms with E-state index in [4.69, 9.17) is 18.5 Å². The van der Waals surface area contributed by atoms with Crippen molar-refractivity contribution in [2.24, 2.45) is 0 Å². The number of rotatable bonds is 24. The van der Waals surface area contributed by atoms with E-state index in [-0.39, 0.29) is 32.2 Å². The van der Waals surface area contributed by atoms with Gasteiger partial charge in [-0.25, -0.2) is 4.57 Å². The molecule has 8 nitrogen and oxygen atoms in total. The number of allylic oxidation sites excluding steroid dienone is 6. The molecule has 0 aromatic heterocycles. The van der Waals surface area contributed by atoms with Gasteiger partial charge in [0, 0.05) is 13.0 Å². The van der Waals surface area contributed by atoms with Gasteiger partial charge in [0.1, 0.15) is 19.3 Å². The summed E-state index contributed by atoms with van der Waals surface area (Å²) >= 11 is 0. The molecule has 0 saturated carbocycles. The van der Waals surface area contributed by atoms with Crippen molar-refractivity contribution in [1.29, 1.82) is 0 Å². The van der Waals surface area contributed by atoms with Crippen LogP contribution in [0.15, 0.2) is 36.5 Å². The van der Waals surface area contributed by atoms with Crippen molar-refractivity contribution in [3.05, 3.63) is 36.5 Å². The van der Waals surface area contributed by atoms with Gasteiger partial charge < -0.3 is 18.9 Å². The zero-order valence-corrected chi connectivity index (χ0v) is 24.8. The second kappa shape index (κ2) is 22.7. The molecule has 0 aromatic carbocycles. The molecule has 0 aliphatic heterocycles. The van der Waals surface area contributed by atoms with Gasteiger partial charge in [-0.2, -0.15) is 0 Å². The molecule has 1 N–H and O–H groups in total. The van der Waals surface area contributed by atoms with E-state index in [0.29, 0.717) is 24.1 Å². The van der Waals surface area contributed by atoms with Gasteiger partial charge in [-0.1, -0.05) is 63.1 Å². The maximum atomic E-state index is 12.2. The number of carbonyl (C=O) groups excluding carboxylic acids is 1. The van der Waals surface area contributed by atoms with E-state index in [9.17, 15) is 14.3 Å². The predicted molar refractivity (Wildman–Crippen MR) is 150 cm³/mol. The minimum absolute atomic E-state index is 0.0812. The Balaban J connectivity index is 4.11. The Kier molecular flexibility index (Phi) is 21.9. The van der Waals surface area contributed by atoms with Crippen molar-refractivity contribution in [3.63, 3.8) is 0 Å². The van der Waals surface area contributed by atoms with Gasteiger partial charge in [0.05, 0.1) is 34.4 Å². The number of carbonyl (C=O) groups is 1. The van der Waals surface area contributed by atoms with Crippen molar-refractivity contribution in [3.8, 4) is 0 Å². The van der Waals surface area contributed by atoms with E-state index in [2.05, 4.69) is 43.4 Å². The average molecular weight is 547 g/mol. The Morgan fingerprint density at radius 1 is 0.865 bits per heavy atom. The summed E-state index contributed by atoms with van der Waals surface area (Å²) in [5.74, 6) is -0.379. The number of hydrogen-bond donors (Lipinski definition) is 1. The molecule has 0 radical (unpaired) electrons. The van der Waals surface area contributed by atoms with Crippen LogP contribution in [0.1, 0.15) is 78.1 Å². The van der Waals surface area contributed by atoms with Crippen molar-refractivity contribution in [2.75, 3.05) is 54.1 Å². The first kappa shape index (κ1) is 35.7. The molecular formula is C28H53NO7P+. The number of ether oxygens (including phenoxy) is 2. The summed E-state index contributed by atoms with van der Waals surface area (Å²) in [4.78, 5) is 21.8. The molecule has 0 heterocycles. The number of unbranched alkanes of at least 4 members (excludes halogenated alkanes) is 4. The number of likely N-dealkylation sites (N-methyl/N-ethyl adjacent to an activating group) is 1. The largest absolute Gasteiger partial charge is 0.472 e. The van der Waals surface area contributed by atoms with Crippen molar-refractivity contribution < 1.29 is 37.3 Å². The summed E-state index contributed by atoms with van der Waals surface area (Å²) in [7, 11) is 1.63. The number of hydrogen-bond acceptors (Lipinski definition) is 6. The van der Waals surface area contributed by atoms with Crippen LogP contribution in [-0.4, -0.2) is 75.6 Å². The quantitative estimate of drug-likeness (QED) is 0.0495. The van der Waals surface area contributed by atoms with Gasteiger partial charge in [0.25, 0.3) is 0 Å². The highest BCUT2D eigenvalue weighted by Crippen LogP contribution is 2.43. The van der Waals surface area contributed by atoms with Gasteiger partial charge in [-0.3, -0.25) is 13.8 Å². The number of nitrogens with zero attached hydrogens (tertiary/aromatic N) is 1. The third-order valence-corrected chi connectivity index (χ3v) is 6.17. The molecule has 216 valence electrons. The van der Waals surface area contributed by atoms with Crippen LogP contribution in [0.3, 0.4) is 0 Å². The van der Waals surface area contributed by atoms with Gasteiger partial charge in [0.2, 0.25) is 0 Å². The smallest absolute Gasteiger partial charge is 0.457 e. The van der Waals surface area contributed by atoms with Crippen LogP contribution in [0.5, 0.6) is 0 Å². The lowest BCUT2D eigenvalue weighted by Crippen LogP contribution is -2.37. The summed E-state index contributed by atoms with van der Waals surface area (Å²) in [5, 5.41) is 0. The van der Waals surface area contributed by atoms with E-state index in [1.54, 1.807) is 0 Å². The summed E-state index contributed by atoms with van der Waals surface area (Å²) in [6, 6.07) is 0. The summed E-state index contributed by atoms with van der Waals surface area (Å²) in [6.45, 7) is 5.04. The summed E-state index contributed by atoms with van der Waals surface area (Å²) in [6.07, 6.45) is 21.8. The standard InChI is InChI=1S/C28H52NO7P/c1-6-8-9-10-11-12-13-14-15-16-17-18-19-20-23-33-25-27(36-28(30)21-7-2)26-35-37(31,32)34-24-22-29(3,4)5/h8-9,11-12,14-15,27H,6-7,10,13,16-26H2,1-5H3/p+1/b9-8-,12-11-,15-14-. The second-order valence-corrected chi connectivity index (χ2v) is 11.5. The first-order valence-electron chi connectivity index (χ1n) is 13.7. The highest BCUT2D eigenvalue weighted by atomic mass is 31.2. The Morgan fingerprint density at radius 3 is 2.16 bits per heavy atom. The van der Waals surface area contributed by atoms with Crippen LogP contribution >= 0.6 is 7.82 Å². The molecule has 0 bridgehead atoms. The van der Waals surface area contributed by atoms with Crippen LogP contribution < -0.4 is 0 Å². The molecule has 2 atom stereocenters. The van der Waals surface area contributed by atoms with Gasteiger partial charge in [-0.05, 0) is 44.9 Å². The third-order valence-electron chi connectivity index (χ3n) is 5.19. The van der Waals surface area contributed by atoms with E-state index >= 15 is 0 Å². The number of phosphoric ester groups is 1. The first-order valence-corrected chi connectivity index (χ1v) is 15.2. The second-order valence-electron chi connectivity index (χ2n) is 10.0. The monoisotopic (exact) mass is 546 g/mol. The highest BCUT2D eigenvalue weighted by Gasteiger charge is 2.26. The molecule has 2 unspecified atom stereocenters. The Bertz CT molecular complexity index is 701. The summed E-state index contributed by atoms with van der Waals surface area (Å²) < 4.78 is 33.9. The number of quaternary nitrogens is 1. The molecule has 0 amide bonds. The van der Waals surface area contributed by atoms with E-state index in [1.165, 1.54) is 0 Å². The van der Waals surface area contributed by atoms with Gasteiger partial charge in [0.15, 0.2) is 0 Å². The third kappa shape index (κ3) is 26.1. The van der Waals surface area contributed by atoms with E-state index in [1.807, 2.05) is 28.1 Å². The zero-order chi connectivity index (χ0) is 27.8. The minimum atomic E-state index is -4.24. The van der Waals surface area contributed by atoms with Crippen molar-refractivity contribution >= 4 is 13.8 Å². The Morgan fingerprint density at radius 2 is 1.51 bits per heavy atom. The highest BCUT2D eigenvalue weighted by molar-refractivity contribution is 7.47. The lowest BCUT2D eigenvalue weighted by atomic mass is 10.1. The zero-order valence-electron chi connectivity index (χ0n) is 23.9. The Labute approximate surface area is 225 Å². The molecule has 0 aliphatic rings. The van der Waals surface area contributed by atoms with E-state index < -0.39 is 13.9 Å². The van der Waals surface area contributed by atoms with Gasteiger partial charge in [-0.15, -0.1) is 0 Å². The topological polar surface area (TPSA) is 91.3 Å². The lowest BCUT2D eigenvalue weighted by Gasteiger charge is -2.24. The molecule has 0 aromatic rings. The van der Waals surface area contributed by atoms with E-state index in [0.717, 1.165) is 51.4 Å². The average Bonchev–Trinajstić information content (AvgIpc) is 2.81. The predicted octanol–water partition coefficient (Wildman–Crippen LogP) is 6.36.